The largest absolute Gasteiger partial charge is 0.393 e. The van der Waals surface area contributed by atoms with Crippen LogP contribution in [-0.2, 0) is 0 Å². The summed E-state index contributed by atoms with van der Waals surface area (Å²) >= 11 is 6.07. The van der Waals surface area contributed by atoms with Crippen LogP contribution >= 0.6 is 31.9 Å². The first-order valence-corrected chi connectivity index (χ1v) is 14.2. The van der Waals surface area contributed by atoms with E-state index >= 15 is 0 Å². The van der Waals surface area contributed by atoms with Crippen molar-refractivity contribution in [3.63, 3.8) is 0 Å². The summed E-state index contributed by atoms with van der Waals surface area (Å²) in [5, 5.41) is 22.0. The maximum Gasteiger partial charge on any atom is 0.227 e. The van der Waals surface area contributed by atoms with Gasteiger partial charge in [0, 0.05) is 12.1 Å². The zero-order chi connectivity index (χ0) is 27.5. The predicted molar refractivity (Wildman–Crippen MR) is 146 cm³/mol. The van der Waals surface area contributed by atoms with Gasteiger partial charge in [-0.2, -0.15) is 4.39 Å². The van der Waals surface area contributed by atoms with Crippen molar-refractivity contribution in [1.29, 1.82) is 0 Å². The minimum atomic E-state index is -0.698. The molecular formula is C26H37Br2F3N4O2. The van der Waals surface area contributed by atoms with Crippen molar-refractivity contribution in [2.24, 2.45) is 17.6 Å². The van der Waals surface area contributed by atoms with Gasteiger partial charge in [0.15, 0.2) is 0 Å². The standard InChI is InChI=1S/C13H18BrFN2O.C8H17NO.C5H2BrF2N/c1-8(9-2-4-11(18)5-3-9)17-13-12(14)6-10(15)7-16-13;1-6(9)7-2-4-8(10)5-3-7;6-4-1-3(7)2-9-5(4)8/h6-9,11,18H,2-5H2,1H3,(H,16,17);6-8,10H,2-5,9H2,1H3;1-2H/t8-,9?,11?;6-,7?,8?;/m11./s1. The predicted octanol–water partition coefficient (Wildman–Crippen LogP) is 6.34. The second-order valence-electron chi connectivity index (χ2n) is 9.84. The van der Waals surface area contributed by atoms with Gasteiger partial charge in [-0.1, -0.05) is 0 Å². The molecule has 0 unspecified atom stereocenters. The lowest BCUT2D eigenvalue weighted by Gasteiger charge is -2.31. The summed E-state index contributed by atoms with van der Waals surface area (Å²) in [5.74, 6) is 0.270. The van der Waals surface area contributed by atoms with E-state index in [0.29, 0.717) is 28.2 Å². The molecule has 0 amide bonds. The van der Waals surface area contributed by atoms with Crippen LogP contribution in [0.25, 0.3) is 0 Å². The van der Waals surface area contributed by atoms with Crippen LogP contribution in [0, 0.1) is 29.4 Å². The molecule has 2 aromatic heterocycles. The molecule has 208 valence electrons. The topological polar surface area (TPSA) is 104 Å². The number of hydrogen-bond acceptors (Lipinski definition) is 6. The van der Waals surface area contributed by atoms with E-state index in [1.807, 2.05) is 0 Å². The maximum atomic E-state index is 12.9. The second kappa shape index (κ2) is 16.0. The van der Waals surface area contributed by atoms with Crippen LogP contribution in [0.5, 0.6) is 0 Å². The Labute approximate surface area is 233 Å². The lowest BCUT2D eigenvalue weighted by atomic mass is 9.83. The highest BCUT2D eigenvalue weighted by Gasteiger charge is 2.24. The molecule has 0 radical (unpaired) electrons. The Morgan fingerprint density at radius 1 is 0.811 bits per heavy atom. The van der Waals surface area contributed by atoms with Gasteiger partial charge >= 0.3 is 0 Å². The Hall–Kier alpha value is -1.27. The molecule has 5 N–H and O–H groups in total. The summed E-state index contributed by atoms with van der Waals surface area (Å²) in [6, 6.07) is 3.01. The molecule has 6 nitrogen and oxygen atoms in total. The van der Waals surface area contributed by atoms with Gasteiger partial charge in [-0.05, 0) is 121 Å². The Balaban J connectivity index is 0.000000214. The smallest absolute Gasteiger partial charge is 0.227 e. The number of anilines is 1. The molecule has 2 aliphatic carbocycles. The van der Waals surface area contributed by atoms with Gasteiger partial charge < -0.3 is 21.3 Å². The summed E-state index contributed by atoms with van der Waals surface area (Å²) in [6.45, 7) is 4.17. The number of aromatic nitrogens is 2. The molecule has 2 aromatic rings. The molecule has 37 heavy (non-hydrogen) atoms. The van der Waals surface area contributed by atoms with Crippen molar-refractivity contribution in [2.45, 2.75) is 89.5 Å². The third-order valence-electron chi connectivity index (χ3n) is 6.87. The van der Waals surface area contributed by atoms with Crippen LogP contribution in [-0.4, -0.2) is 44.5 Å². The molecule has 0 spiro atoms. The Kier molecular flexibility index (Phi) is 13.8. The molecule has 0 saturated heterocycles. The van der Waals surface area contributed by atoms with E-state index in [1.165, 1.54) is 12.3 Å². The highest BCUT2D eigenvalue weighted by atomic mass is 79.9. The average molecular weight is 654 g/mol. The van der Waals surface area contributed by atoms with Gasteiger partial charge in [0.25, 0.3) is 0 Å². The monoisotopic (exact) mass is 652 g/mol. The lowest BCUT2D eigenvalue weighted by molar-refractivity contribution is 0.103. The molecule has 0 aromatic carbocycles. The lowest BCUT2D eigenvalue weighted by Crippen LogP contribution is -2.31. The van der Waals surface area contributed by atoms with Gasteiger partial charge in [0.05, 0.1) is 33.5 Å². The highest BCUT2D eigenvalue weighted by molar-refractivity contribution is 9.10. The number of halogens is 5. The van der Waals surface area contributed by atoms with E-state index < -0.39 is 11.8 Å². The SMILES string of the molecule is C[C@@H](N)C1CCC(O)CC1.C[C@@H](Nc1ncc(F)cc1Br)C1CCC(O)CC1.Fc1cnc(F)c(Br)c1. The van der Waals surface area contributed by atoms with Crippen LogP contribution < -0.4 is 11.1 Å². The molecule has 11 heteroatoms. The van der Waals surface area contributed by atoms with E-state index in [1.54, 1.807) is 0 Å². The maximum absolute atomic E-state index is 12.9. The fourth-order valence-electron chi connectivity index (χ4n) is 4.48. The fraction of sp³-hybridized carbons (Fsp3) is 0.615. The van der Waals surface area contributed by atoms with E-state index in [0.717, 1.165) is 63.6 Å². The van der Waals surface area contributed by atoms with E-state index in [9.17, 15) is 18.3 Å². The van der Waals surface area contributed by atoms with Gasteiger partial charge in [-0.25, -0.2) is 18.7 Å². The number of nitrogens with zero attached hydrogens (tertiary/aromatic N) is 2. The number of aliphatic hydroxyl groups is 2. The van der Waals surface area contributed by atoms with Crippen molar-refractivity contribution >= 4 is 37.7 Å². The van der Waals surface area contributed by atoms with Gasteiger partial charge in [0.2, 0.25) is 5.95 Å². The second-order valence-corrected chi connectivity index (χ2v) is 11.5. The highest BCUT2D eigenvalue weighted by Crippen LogP contribution is 2.30. The fourth-order valence-corrected chi connectivity index (χ4v) is 5.24. The summed E-state index contributed by atoms with van der Waals surface area (Å²) < 4.78 is 37.9. The van der Waals surface area contributed by atoms with Gasteiger partial charge in [0.1, 0.15) is 17.5 Å². The van der Waals surface area contributed by atoms with E-state index in [-0.39, 0.29) is 28.5 Å². The normalized spacial score (nSPS) is 25.0. The number of aliphatic hydroxyl groups excluding tert-OH is 2. The van der Waals surface area contributed by atoms with Crippen LogP contribution in [0.4, 0.5) is 19.0 Å². The first kappa shape index (κ1) is 31.9. The van der Waals surface area contributed by atoms with Crippen molar-refractivity contribution in [3.8, 4) is 0 Å². The Bertz CT molecular complexity index is 957. The molecule has 0 aliphatic heterocycles. The molecule has 2 fully saturated rings. The number of pyridine rings is 2. The number of nitrogens with two attached hydrogens (primary N) is 1. The minimum Gasteiger partial charge on any atom is -0.393 e. The summed E-state index contributed by atoms with van der Waals surface area (Å²) in [6.07, 6.45) is 9.76. The molecule has 4 rings (SSSR count). The van der Waals surface area contributed by atoms with Gasteiger partial charge in [-0.15, -0.1) is 0 Å². The third-order valence-corrected chi connectivity index (χ3v) is 8.03. The molecular weight excluding hydrogens is 617 g/mol. The van der Waals surface area contributed by atoms with Crippen LogP contribution in [0.1, 0.15) is 65.2 Å². The summed E-state index contributed by atoms with van der Waals surface area (Å²) in [5.41, 5.74) is 5.73. The van der Waals surface area contributed by atoms with Crippen molar-refractivity contribution in [3.05, 3.63) is 51.1 Å². The average Bonchev–Trinajstić information content (AvgIpc) is 2.85. The third kappa shape index (κ3) is 11.6. The first-order valence-electron chi connectivity index (χ1n) is 12.6. The quantitative estimate of drug-likeness (QED) is 0.287. The minimum absolute atomic E-state index is 0.0440. The van der Waals surface area contributed by atoms with Crippen LogP contribution in [0.3, 0.4) is 0 Å². The van der Waals surface area contributed by atoms with Crippen LogP contribution in [0.2, 0.25) is 0 Å². The number of rotatable bonds is 4. The molecule has 2 aliphatic rings. The Morgan fingerprint density at radius 3 is 1.70 bits per heavy atom. The van der Waals surface area contributed by atoms with E-state index in [4.69, 9.17) is 10.8 Å². The summed E-state index contributed by atoms with van der Waals surface area (Å²) in [4.78, 5) is 7.13. The Morgan fingerprint density at radius 2 is 1.27 bits per heavy atom. The summed E-state index contributed by atoms with van der Waals surface area (Å²) in [7, 11) is 0. The van der Waals surface area contributed by atoms with E-state index in [2.05, 4.69) is 61.0 Å². The van der Waals surface area contributed by atoms with Gasteiger partial charge in [-0.3, -0.25) is 0 Å². The van der Waals surface area contributed by atoms with Crippen molar-refractivity contribution < 1.29 is 23.4 Å². The molecule has 2 heterocycles. The van der Waals surface area contributed by atoms with Crippen molar-refractivity contribution in [1.82, 2.24) is 9.97 Å². The van der Waals surface area contributed by atoms with Crippen LogP contribution in [0.15, 0.2) is 33.5 Å². The zero-order valence-corrected chi connectivity index (χ0v) is 24.4. The molecule has 0 bridgehead atoms. The number of hydrogen-bond donors (Lipinski definition) is 4. The molecule has 2 saturated carbocycles. The zero-order valence-electron chi connectivity index (χ0n) is 21.2. The molecule has 2 atom stereocenters. The van der Waals surface area contributed by atoms with Crippen molar-refractivity contribution in [2.75, 3.05) is 5.32 Å². The number of nitrogens with one attached hydrogen (secondary N) is 1. The first-order chi connectivity index (χ1) is 17.5.